The highest BCUT2D eigenvalue weighted by molar-refractivity contribution is 7.12. The van der Waals surface area contributed by atoms with E-state index in [1.807, 2.05) is 43.5 Å². The summed E-state index contributed by atoms with van der Waals surface area (Å²) in [5.41, 5.74) is 4.18. The molecule has 0 saturated carbocycles. The monoisotopic (exact) mass is 476 g/mol. The molecule has 1 aliphatic rings. The van der Waals surface area contributed by atoms with Gasteiger partial charge in [0.05, 0.1) is 11.4 Å². The smallest absolute Gasteiger partial charge is 0.265 e. The van der Waals surface area contributed by atoms with Crippen LogP contribution in [0.5, 0.6) is 0 Å². The van der Waals surface area contributed by atoms with Crippen LogP contribution in [0.3, 0.4) is 0 Å². The van der Waals surface area contributed by atoms with Crippen molar-refractivity contribution in [1.29, 1.82) is 0 Å². The molecule has 2 aromatic carbocycles. The third-order valence-corrected chi connectivity index (χ3v) is 6.78. The summed E-state index contributed by atoms with van der Waals surface area (Å²) in [6.07, 6.45) is 0. The van der Waals surface area contributed by atoms with Crippen molar-refractivity contribution in [1.82, 2.24) is 9.80 Å². The number of anilines is 2. The molecule has 2 N–H and O–H groups in total. The Morgan fingerprint density at radius 2 is 1.53 bits per heavy atom. The maximum absolute atomic E-state index is 12.9. The lowest BCUT2D eigenvalue weighted by molar-refractivity contribution is -0.117. The van der Waals surface area contributed by atoms with Crippen LogP contribution in [0.4, 0.5) is 11.4 Å². The minimum absolute atomic E-state index is 0.0441. The summed E-state index contributed by atoms with van der Waals surface area (Å²) in [5, 5.41) is 7.72. The molecule has 0 unspecified atom stereocenters. The fourth-order valence-corrected chi connectivity index (χ4v) is 4.60. The number of carbonyl (C=O) groups is 3. The first-order valence-electron chi connectivity index (χ1n) is 11.2. The average Bonchev–Trinajstić information content (AvgIpc) is 3.37. The summed E-state index contributed by atoms with van der Waals surface area (Å²) in [6.45, 7) is 6.67. The van der Waals surface area contributed by atoms with Crippen LogP contribution in [0.2, 0.25) is 0 Å². The van der Waals surface area contributed by atoms with Gasteiger partial charge in [-0.3, -0.25) is 19.3 Å². The van der Waals surface area contributed by atoms with E-state index in [0.29, 0.717) is 48.9 Å². The standard InChI is InChI=1S/C26H28N4O3S/c1-18-5-3-6-19(2)24(18)28-23(31)17-29-12-14-30(15-13-29)26(33)20-8-10-21(11-9-20)27-25(32)22-7-4-16-34-22/h3-11,16H,12-15,17H2,1-2H3,(H,27,32)(H,28,31). The van der Waals surface area contributed by atoms with Crippen molar-refractivity contribution in [3.8, 4) is 0 Å². The van der Waals surface area contributed by atoms with Crippen LogP contribution in [0.1, 0.15) is 31.2 Å². The molecule has 7 nitrogen and oxygen atoms in total. The molecule has 0 spiro atoms. The second kappa shape index (κ2) is 10.6. The first-order valence-corrected chi connectivity index (χ1v) is 12.1. The molecule has 8 heteroatoms. The highest BCUT2D eigenvalue weighted by Gasteiger charge is 2.23. The fourth-order valence-electron chi connectivity index (χ4n) is 3.98. The molecule has 0 atom stereocenters. The number of rotatable bonds is 6. The van der Waals surface area contributed by atoms with Crippen LogP contribution in [-0.2, 0) is 4.79 Å². The largest absolute Gasteiger partial charge is 0.336 e. The van der Waals surface area contributed by atoms with Crippen LogP contribution in [0, 0.1) is 13.8 Å². The first kappa shape index (κ1) is 23.7. The van der Waals surface area contributed by atoms with Crippen LogP contribution in [0.15, 0.2) is 60.0 Å². The van der Waals surface area contributed by atoms with Gasteiger partial charge in [-0.1, -0.05) is 24.3 Å². The molecule has 176 valence electrons. The average molecular weight is 477 g/mol. The van der Waals surface area contributed by atoms with Crippen LogP contribution in [-0.4, -0.2) is 60.2 Å². The number of hydrogen-bond donors (Lipinski definition) is 2. The third kappa shape index (κ3) is 5.70. The van der Waals surface area contributed by atoms with Crippen molar-refractivity contribution < 1.29 is 14.4 Å². The molecule has 0 bridgehead atoms. The van der Waals surface area contributed by atoms with Gasteiger partial charge in [-0.05, 0) is 60.7 Å². The van der Waals surface area contributed by atoms with Crippen molar-refractivity contribution in [2.24, 2.45) is 0 Å². The van der Waals surface area contributed by atoms with Gasteiger partial charge >= 0.3 is 0 Å². The molecule has 3 amide bonds. The van der Waals surface area contributed by atoms with E-state index in [1.54, 1.807) is 35.2 Å². The van der Waals surface area contributed by atoms with Crippen molar-refractivity contribution in [2.75, 3.05) is 43.4 Å². The predicted molar refractivity (Wildman–Crippen MR) is 136 cm³/mol. The highest BCUT2D eigenvalue weighted by Crippen LogP contribution is 2.20. The number of nitrogens with one attached hydrogen (secondary N) is 2. The molecule has 0 radical (unpaired) electrons. The molecule has 1 fully saturated rings. The van der Waals surface area contributed by atoms with Crippen molar-refractivity contribution >= 4 is 40.4 Å². The second-order valence-electron chi connectivity index (χ2n) is 8.39. The number of piperazine rings is 1. The van der Waals surface area contributed by atoms with E-state index in [0.717, 1.165) is 16.8 Å². The van der Waals surface area contributed by atoms with Gasteiger partial charge in [-0.15, -0.1) is 11.3 Å². The third-order valence-electron chi connectivity index (χ3n) is 5.91. The number of carbonyl (C=O) groups excluding carboxylic acids is 3. The summed E-state index contributed by atoms with van der Waals surface area (Å²) >= 11 is 1.38. The number of amides is 3. The maximum atomic E-state index is 12.9. The molecule has 3 aromatic rings. The van der Waals surface area contributed by atoms with Gasteiger partial charge in [0.2, 0.25) is 5.91 Å². The van der Waals surface area contributed by atoms with E-state index in [4.69, 9.17) is 0 Å². The Labute approximate surface area is 203 Å². The van der Waals surface area contributed by atoms with Crippen molar-refractivity contribution in [3.05, 3.63) is 81.5 Å². The maximum Gasteiger partial charge on any atom is 0.265 e. The quantitative estimate of drug-likeness (QED) is 0.563. The van der Waals surface area contributed by atoms with Gasteiger partial charge in [0.15, 0.2) is 0 Å². The SMILES string of the molecule is Cc1cccc(C)c1NC(=O)CN1CCN(C(=O)c2ccc(NC(=O)c3cccs3)cc2)CC1. The number of hydrogen-bond acceptors (Lipinski definition) is 5. The lowest BCUT2D eigenvalue weighted by Crippen LogP contribution is -2.50. The van der Waals surface area contributed by atoms with Crippen molar-refractivity contribution in [3.63, 3.8) is 0 Å². The number of thiophene rings is 1. The summed E-state index contributed by atoms with van der Waals surface area (Å²) in [7, 11) is 0. The molecule has 4 rings (SSSR count). The zero-order chi connectivity index (χ0) is 24.1. The Morgan fingerprint density at radius 3 is 2.15 bits per heavy atom. The van der Waals surface area contributed by atoms with Gasteiger partial charge in [0.1, 0.15) is 0 Å². The van der Waals surface area contributed by atoms with Gasteiger partial charge in [0.25, 0.3) is 11.8 Å². The number of aryl methyl sites for hydroxylation is 2. The van der Waals surface area contributed by atoms with Gasteiger partial charge in [-0.25, -0.2) is 0 Å². The molecule has 34 heavy (non-hydrogen) atoms. The topological polar surface area (TPSA) is 81.8 Å². The van der Waals surface area contributed by atoms with Crippen LogP contribution in [0.25, 0.3) is 0 Å². The van der Waals surface area contributed by atoms with Crippen LogP contribution < -0.4 is 10.6 Å². The summed E-state index contributed by atoms with van der Waals surface area (Å²) in [4.78, 5) is 42.1. The number of benzene rings is 2. The molecular formula is C26H28N4O3S. The Hall–Kier alpha value is -3.49. The lowest BCUT2D eigenvalue weighted by Gasteiger charge is -2.34. The van der Waals surface area contributed by atoms with Crippen molar-refractivity contribution in [2.45, 2.75) is 13.8 Å². The number of nitrogens with zero attached hydrogens (tertiary/aromatic N) is 2. The molecule has 0 aliphatic carbocycles. The van der Waals surface area contributed by atoms with E-state index in [-0.39, 0.29) is 17.7 Å². The van der Waals surface area contributed by atoms with E-state index >= 15 is 0 Å². The highest BCUT2D eigenvalue weighted by atomic mass is 32.1. The second-order valence-corrected chi connectivity index (χ2v) is 9.34. The Morgan fingerprint density at radius 1 is 0.853 bits per heavy atom. The summed E-state index contributed by atoms with van der Waals surface area (Å²) < 4.78 is 0. The predicted octanol–water partition coefficient (Wildman–Crippen LogP) is 4.01. The zero-order valence-electron chi connectivity index (χ0n) is 19.3. The summed E-state index contributed by atoms with van der Waals surface area (Å²) in [6, 6.07) is 16.5. The van der Waals surface area contributed by atoms with E-state index in [2.05, 4.69) is 15.5 Å². The zero-order valence-corrected chi connectivity index (χ0v) is 20.2. The van der Waals surface area contributed by atoms with Crippen LogP contribution >= 0.6 is 11.3 Å². The molecule has 1 aromatic heterocycles. The van der Waals surface area contributed by atoms with Gasteiger partial charge < -0.3 is 15.5 Å². The van der Waals surface area contributed by atoms with Gasteiger partial charge in [0, 0.05) is 43.1 Å². The van der Waals surface area contributed by atoms with E-state index in [1.165, 1.54) is 11.3 Å². The molecule has 1 saturated heterocycles. The molecule has 2 heterocycles. The fraction of sp³-hybridized carbons (Fsp3) is 0.269. The minimum Gasteiger partial charge on any atom is -0.336 e. The minimum atomic E-state index is -0.160. The molecule has 1 aliphatic heterocycles. The Bertz CT molecular complexity index is 1150. The van der Waals surface area contributed by atoms with E-state index < -0.39 is 0 Å². The Balaban J connectivity index is 1.26. The van der Waals surface area contributed by atoms with E-state index in [9.17, 15) is 14.4 Å². The van der Waals surface area contributed by atoms with Gasteiger partial charge in [-0.2, -0.15) is 0 Å². The Kier molecular flexibility index (Phi) is 7.40. The molecular weight excluding hydrogens is 448 g/mol. The summed E-state index contributed by atoms with van der Waals surface area (Å²) in [5.74, 6) is -0.250. The number of para-hydroxylation sites is 1. The lowest BCUT2D eigenvalue weighted by atomic mass is 10.1. The first-order chi connectivity index (χ1) is 16.4. The normalized spacial score (nSPS) is 14.0.